The smallest absolute Gasteiger partial charge is 0.306 e. The molecule has 1 atom stereocenters. The van der Waals surface area contributed by atoms with Crippen molar-refractivity contribution in [1.82, 2.24) is 0 Å². The zero-order valence-electron chi connectivity index (χ0n) is 40.8. The number of carbonyl (C=O) groups is 3. The number of hydrogen-bond acceptors (Lipinski definition) is 6. The van der Waals surface area contributed by atoms with Crippen LogP contribution in [0, 0.1) is 0 Å². The summed E-state index contributed by atoms with van der Waals surface area (Å²) in [6.45, 7) is 6.33. The van der Waals surface area contributed by atoms with Crippen LogP contribution in [-0.2, 0) is 28.6 Å². The summed E-state index contributed by atoms with van der Waals surface area (Å²) >= 11 is 0. The van der Waals surface area contributed by atoms with Crippen LogP contribution in [0.4, 0.5) is 0 Å². The fourth-order valence-electron chi connectivity index (χ4n) is 6.74. The van der Waals surface area contributed by atoms with Gasteiger partial charge in [0.2, 0.25) is 0 Å². The summed E-state index contributed by atoms with van der Waals surface area (Å²) in [4.78, 5) is 38.0. The standard InChI is InChI=1S/C57H94O6/c1-4-7-10-13-16-19-22-25-28-29-30-33-35-38-41-44-47-50-56(59)62-53-54(63-57(60)51-48-45-42-39-36-32-27-24-21-18-15-12-9-6-3)52-61-55(58)49-46-43-40-37-34-31-26-23-20-17-14-11-8-5-2/h8-9,11-12,16-21,25,28,30,33,38,41,54H,4-7,10,13-15,22-24,26-27,29,31-32,34-37,39-40,42-53H2,1-3H3/b11-8-,12-9-,19-16-,20-17-,21-18-,28-25-,33-30-,41-38-. The van der Waals surface area contributed by atoms with E-state index in [1.165, 1.54) is 77.0 Å². The fourth-order valence-corrected chi connectivity index (χ4v) is 6.74. The van der Waals surface area contributed by atoms with Gasteiger partial charge in [0.15, 0.2) is 6.10 Å². The average Bonchev–Trinajstić information content (AvgIpc) is 3.28. The second-order valence-corrected chi connectivity index (χ2v) is 16.7. The Kier molecular flexibility index (Phi) is 48.0. The quantitative estimate of drug-likeness (QED) is 0.0262. The van der Waals surface area contributed by atoms with Crippen molar-refractivity contribution in [1.29, 1.82) is 0 Å². The molecule has 358 valence electrons. The molecule has 0 heterocycles. The number of allylic oxidation sites excluding steroid dienone is 16. The molecule has 1 unspecified atom stereocenters. The van der Waals surface area contributed by atoms with E-state index in [1.54, 1.807) is 0 Å². The summed E-state index contributed by atoms with van der Waals surface area (Å²) in [5.41, 5.74) is 0. The van der Waals surface area contributed by atoms with E-state index in [1.807, 2.05) is 0 Å². The van der Waals surface area contributed by atoms with Crippen molar-refractivity contribution in [3.05, 3.63) is 97.2 Å². The molecule has 0 bridgehead atoms. The van der Waals surface area contributed by atoms with Gasteiger partial charge in [0, 0.05) is 19.3 Å². The van der Waals surface area contributed by atoms with Gasteiger partial charge in [0.1, 0.15) is 13.2 Å². The van der Waals surface area contributed by atoms with Crippen molar-refractivity contribution >= 4 is 17.9 Å². The third kappa shape index (κ3) is 49.2. The number of esters is 3. The van der Waals surface area contributed by atoms with E-state index in [2.05, 4.69) is 118 Å². The summed E-state index contributed by atoms with van der Waals surface area (Å²) in [5, 5.41) is 0. The van der Waals surface area contributed by atoms with Crippen molar-refractivity contribution in [2.75, 3.05) is 13.2 Å². The molecule has 0 spiro atoms. The van der Waals surface area contributed by atoms with Crippen LogP contribution in [0.25, 0.3) is 0 Å². The van der Waals surface area contributed by atoms with Crippen LogP contribution in [-0.4, -0.2) is 37.2 Å². The lowest BCUT2D eigenvalue weighted by molar-refractivity contribution is -0.167. The highest BCUT2D eigenvalue weighted by atomic mass is 16.6. The maximum atomic E-state index is 12.8. The van der Waals surface area contributed by atoms with Crippen LogP contribution in [0.1, 0.15) is 226 Å². The van der Waals surface area contributed by atoms with Gasteiger partial charge in [-0.15, -0.1) is 0 Å². The van der Waals surface area contributed by atoms with Crippen molar-refractivity contribution in [3.63, 3.8) is 0 Å². The molecule has 0 aromatic rings. The Morgan fingerprint density at radius 2 is 0.635 bits per heavy atom. The molecule has 0 rings (SSSR count). The van der Waals surface area contributed by atoms with Crippen LogP contribution in [0.2, 0.25) is 0 Å². The van der Waals surface area contributed by atoms with Crippen molar-refractivity contribution in [2.24, 2.45) is 0 Å². The van der Waals surface area contributed by atoms with Crippen molar-refractivity contribution < 1.29 is 28.6 Å². The Bertz CT molecular complexity index is 1280. The topological polar surface area (TPSA) is 78.9 Å². The van der Waals surface area contributed by atoms with Crippen molar-refractivity contribution in [3.8, 4) is 0 Å². The molecule has 0 amide bonds. The monoisotopic (exact) mass is 875 g/mol. The largest absolute Gasteiger partial charge is 0.462 e. The Morgan fingerprint density at radius 1 is 0.333 bits per heavy atom. The van der Waals surface area contributed by atoms with Crippen LogP contribution < -0.4 is 0 Å². The summed E-state index contributed by atoms with van der Waals surface area (Å²) in [6.07, 6.45) is 66.8. The maximum absolute atomic E-state index is 12.8. The molecule has 0 radical (unpaired) electrons. The highest BCUT2D eigenvalue weighted by Crippen LogP contribution is 2.14. The zero-order chi connectivity index (χ0) is 45.8. The zero-order valence-corrected chi connectivity index (χ0v) is 40.8. The minimum Gasteiger partial charge on any atom is -0.462 e. The normalized spacial score (nSPS) is 12.9. The van der Waals surface area contributed by atoms with E-state index in [0.717, 1.165) is 103 Å². The van der Waals surface area contributed by atoms with Gasteiger partial charge in [-0.05, 0) is 109 Å². The fraction of sp³-hybridized carbons (Fsp3) is 0.667. The Hall–Kier alpha value is -3.67. The van der Waals surface area contributed by atoms with Gasteiger partial charge in [-0.25, -0.2) is 0 Å². The molecule has 0 aromatic heterocycles. The summed E-state index contributed by atoms with van der Waals surface area (Å²) in [7, 11) is 0. The minimum atomic E-state index is -0.807. The number of carbonyl (C=O) groups excluding carboxylic acids is 3. The minimum absolute atomic E-state index is 0.103. The highest BCUT2D eigenvalue weighted by molar-refractivity contribution is 5.71. The third-order valence-corrected chi connectivity index (χ3v) is 10.6. The van der Waals surface area contributed by atoms with Gasteiger partial charge in [-0.2, -0.15) is 0 Å². The summed E-state index contributed by atoms with van der Waals surface area (Å²) < 4.78 is 16.7. The summed E-state index contributed by atoms with van der Waals surface area (Å²) in [5.74, 6) is -0.981. The Labute approximate surface area is 387 Å². The molecule has 6 heteroatoms. The van der Waals surface area contributed by atoms with E-state index in [4.69, 9.17) is 14.2 Å². The van der Waals surface area contributed by atoms with Gasteiger partial charge in [0.25, 0.3) is 0 Å². The molecule has 0 aliphatic rings. The van der Waals surface area contributed by atoms with E-state index in [0.29, 0.717) is 19.3 Å². The highest BCUT2D eigenvalue weighted by Gasteiger charge is 2.19. The van der Waals surface area contributed by atoms with Crippen LogP contribution in [0.15, 0.2) is 97.2 Å². The maximum Gasteiger partial charge on any atom is 0.306 e. The average molecular weight is 875 g/mol. The second kappa shape index (κ2) is 51.0. The molecule has 0 aliphatic carbocycles. The van der Waals surface area contributed by atoms with E-state index in [9.17, 15) is 14.4 Å². The molecule has 63 heavy (non-hydrogen) atoms. The lowest BCUT2D eigenvalue weighted by atomic mass is 10.1. The first-order valence-electron chi connectivity index (χ1n) is 25.7. The van der Waals surface area contributed by atoms with Gasteiger partial charge >= 0.3 is 17.9 Å². The number of rotatable bonds is 45. The van der Waals surface area contributed by atoms with E-state index >= 15 is 0 Å². The third-order valence-electron chi connectivity index (χ3n) is 10.6. The first-order valence-corrected chi connectivity index (χ1v) is 25.7. The lowest BCUT2D eigenvalue weighted by Crippen LogP contribution is -2.30. The SMILES string of the molecule is CC/C=C\C/C=C\CCCCCCCCCC(=O)OCC(COC(=O)CCC/C=C\C/C=C\C/C=C\C/C=C\CCCCC)OC(=O)CCCCCCCCC/C=C\C/C=C\CC. The van der Waals surface area contributed by atoms with Crippen molar-refractivity contribution in [2.45, 2.75) is 232 Å². The van der Waals surface area contributed by atoms with E-state index in [-0.39, 0.29) is 37.5 Å². The number of ether oxygens (including phenoxy) is 3. The molecule has 0 N–H and O–H groups in total. The predicted molar refractivity (Wildman–Crippen MR) is 270 cm³/mol. The Balaban J connectivity index is 4.50. The van der Waals surface area contributed by atoms with Gasteiger partial charge in [-0.3, -0.25) is 14.4 Å². The first-order chi connectivity index (χ1) is 31.0. The second-order valence-electron chi connectivity index (χ2n) is 16.7. The van der Waals surface area contributed by atoms with Gasteiger partial charge in [-0.1, -0.05) is 195 Å². The molecule has 0 fully saturated rings. The first kappa shape index (κ1) is 59.3. The van der Waals surface area contributed by atoms with Crippen LogP contribution in [0.5, 0.6) is 0 Å². The Morgan fingerprint density at radius 3 is 1.03 bits per heavy atom. The van der Waals surface area contributed by atoms with Gasteiger partial charge < -0.3 is 14.2 Å². The molecular weight excluding hydrogens is 781 g/mol. The van der Waals surface area contributed by atoms with E-state index < -0.39 is 6.10 Å². The molecule has 0 saturated carbocycles. The van der Waals surface area contributed by atoms with Crippen LogP contribution in [0.3, 0.4) is 0 Å². The predicted octanol–water partition coefficient (Wildman–Crippen LogP) is 17.0. The number of hydrogen-bond donors (Lipinski definition) is 0. The molecule has 0 saturated heterocycles. The molecule has 6 nitrogen and oxygen atoms in total. The van der Waals surface area contributed by atoms with Gasteiger partial charge in [0.05, 0.1) is 0 Å². The van der Waals surface area contributed by atoms with Crippen LogP contribution >= 0.6 is 0 Å². The molecule has 0 aliphatic heterocycles. The molecular formula is C57H94O6. The molecule has 0 aromatic carbocycles. The lowest BCUT2D eigenvalue weighted by Gasteiger charge is -2.18. The summed E-state index contributed by atoms with van der Waals surface area (Å²) in [6, 6.07) is 0. The number of unbranched alkanes of at least 4 members (excludes halogenated alkanes) is 18.